The summed E-state index contributed by atoms with van der Waals surface area (Å²) in [5, 5.41) is 13.6. The second-order valence-corrected chi connectivity index (χ2v) is 6.00. The highest BCUT2D eigenvalue weighted by Gasteiger charge is 2.32. The molecule has 0 bridgehead atoms. The molecule has 0 aromatic heterocycles. The number of carbonyl (C=O) groups is 1. The van der Waals surface area contributed by atoms with E-state index in [0.717, 1.165) is 0 Å². The molecule has 1 rings (SSSR count). The van der Waals surface area contributed by atoms with Gasteiger partial charge >= 0.3 is 5.97 Å². The Kier molecular flexibility index (Phi) is 5.56. The normalized spacial score (nSPS) is 14.1. The van der Waals surface area contributed by atoms with Crippen molar-refractivity contribution in [1.29, 1.82) is 0 Å². The molecule has 108 valence electrons. The number of rotatable bonds is 4. The predicted octanol–water partition coefficient (Wildman–Crippen LogP) is 3.50. The summed E-state index contributed by atoms with van der Waals surface area (Å²) in [6.07, 6.45) is -1.28. The molecular formula is C13H16BrN3O3. The first kappa shape index (κ1) is 16.5. The van der Waals surface area contributed by atoms with Gasteiger partial charge in [-0.1, -0.05) is 39.2 Å². The molecule has 0 unspecified atom stereocenters. The van der Waals surface area contributed by atoms with Crippen LogP contribution in [-0.4, -0.2) is 22.7 Å². The summed E-state index contributed by atoms with van der Waals surface area (Å²) < 4.78 is 5.78. The Bertz CT molecular complexity index is 536. The van der Waals surface area contributed by atoms with Crippen molar-refractivity contribution in [1.82, 2.24) is 0 Å². The molecule has 1 aromatic carbocycles. The van der Waals surface area contributed by atoms with Gasteiger partial charge in [0.25, 0.3) is 0 Å². The molecule has 2 atom stereocenters. The topological polar surface area (TPSA) is 95.3 Å². The molecule has 0 heterocycles. The number of esters is 1. The van der Waals surface area contributed by atoms with E-state index in [1.807, 2.05) is 0 Å². The van der Waals surface area contributed by atoms with Crippen LogP contribution in [0.3, 0.4) is 0 Å². The number of benzene rings is 1. The molecule has 0 fully saturated rings. The SMILES string of the molecule is CC(C)(C)OC(=O)[C@@H](N=[N+]=[N-])[C@H](O)c1ccccc1Br. The van der Waals surface area contributed by atoms with E-state index in [1.54, 1.807) is 45.0 Å². The summed E-state index contributed by atoms with van der Waals surface area (Å²) in [7, 11) is 0. The highest BCUT2D eigenvalue weighted by Crippen LogP contribution is 2.28. The average molecular weight is 342 g/mol. The minimum atomic E-state index is -1.34. The number of ether oxygens (including phenoxy) is 1. The average Bonchev–Trinajstić information content (AvgIpc) is 2.33. The van der Waals surface area contributed by atoms with Crippen molar-refractivity contribution in [2.45, 2.75) is 38.5 Å². The molecule has 0 saturated carbocycles. The lowest BCUT2D eigenvalue weighted by molar-refractivity contribution is -0.159. The van der Waals surface area contributed by atoms with E-state index in [1.165, 1.54) is 0 Å². The van der Waals surface area contributed by atoms with E-state index in [4.69, 9.17) is 10.3 Å². The van der Waals surface area contributed by atoms with Crippen molar-refractivity contribution in [2.24, 2.45) is 5.11 Å². The third-order valence-corrected chi connectivity index (χ3v) is 3.07. The van der Waals surface area contributed by atoms with Crippen molar-refractivity contribution >= 4 is 21.9 Å². The number of azide groups is 1. The summed E-state index contributed by atoms with van der Waals surface area (Å²) in [4.78, 5) is 14.6. The lowest BCUT2D eigenvalue weighted by Crippen LogP contribution is -2.34. The highest BCUT2D eigenvalue weighted by molar-refractivity contribution is 9.10. The van der Waals surface area contributed by atoms with Crippen LogP contribution in [-0.2, 0) is 9.53 Å². The minimum Gasteiger partial charge on any atom is -0.460 e. The minimum absolute atomic E-state index is 0.454. The summed E-state index contributed by atoms with van der Waals surface area (Å²) in [5.41, 5.74) is 8.30. The van der Waals surface area contributed by atoms with Gasteiger partial charge in [0.15, 0.2) is 6.04 Å². The fraction of sp³-hybridized carbons (Fsp3) is 0.462. The van der Waals surface area contributed by atoms with Crippen molar-refractivity contribution < 1.29 is 14.6 Å². The number of aliphatic hydroxyl groups excluding tert-OH is 1. The molecule has 0 aliphatic heterocycles. The highest BCUT2D eigenvalue weighted by atomic mass is 79.9. The zero-order valence-corrected chi connectivity index (χ0v) is 13.0. The fourth-order valence-electron chi connectivity index (χ4n) is 1.54. The summed E-state index contributed by atoms with van der Waals surface area (Å²) in [5.74, 6) is -0.765. The largest absolute Gasteiger partial charge is 0.460 e. The maximum atomic E-state index is 12.0. The summed E-state index contributed by atoms with van der Waals surface area (Å²) in [6.45, 7) is 5.09. The maximum Gasteiger partial charge on any atom is 0.318 e. The molecule has 6 nitrogen and oxygen atoms in total. The van der Waals surface area contributed by atoms with Gasteiger partial charge in [-0.2, -0.15) is 0 Å². The lowest BCUT2D eigenvalue weighted by Gasteiger charge is -2.24. The smallest absolute Gasteiger partial charge is 0.318 e. The van der Waals surface area contributed by atoms with Crippen LogP contribution in [0.1, 0.15) is 32.4 Å². The van der Waals surface area contributed by atoms with Crippen LogP contribution in [0.5, 0.6) is 0 Å². The molecule has 0 spiro atoms. The second kappa shape index (κ2) is 6.74. The van der Waals surface area contributed by atoms with E-state index >= 15 is 0 Å². The van der Waals surface area contributed by atoms with Crippen LogP contribution in [0, 0.1) is 0 Å². The van der Waals surface area contributed by atoms with Gasteiger partial charge in [0, 0.05) is 9.38 Å². The zero-order valence-electron chi connectivity index (χ0n) is 11.4. The second-order valence-electron chi connectivity index (χ2n) is 5.15. The van der Waals surface area contributed by atoms with Crippen molar-refractivity contribution in [3.8, 4) is 0 Å². The molecule has 0 aliphatic rings. The fourth-order valence-corrected chi connectivity index (χ4v) is 2.06. The van der Waals surface area contributed by atoms with E-state index in [0.29, 0.717) is 10.0 Å². The Hall–Kier alpha value is -1.56. The number of hydrogen-bond acceptors (Lipinski definition) is 4. The van der Waals surface area contributed by atoms with Gasteiger partial charge in [-0.15, -0.1) is 0 Å². The van der Waals surface area contributed by atoms with E-state index in [9.17, 15) is 9.90 Å². The Labute approximate surface area is 125 Å². The molecular weight excluding hydrogens is 326 g/mol. The van der Waals surface area contributed by atoms with Gasteiger partial charge in [-0.3, -0.25) is 4.79 Å². The number of carbonyl (C=O) groups excluding carboxylic acids is 1. The van der Waals surface area contributed by atoms with Crippen LogP contribution in [0.25, 0.3) is 10.4 Å². The standard InChI is InChI=1S/C13H16BrN3O3/c1-13(2,3)20-12(19)10(16-17-15)11(18)8-6-4-5-7-9(8)14/h4-7,10-11,18H,1-3H3/t10-,11+/m0/s1. The third-order valence-electron chi connectivity index (χ3n) is 2.35. The third kappa shape index (κ3) is 4.52. The maximum absolute atomic E-state index is 12.0. The summed E-state index contributed by atoms with van der Waals surface area (Å²) >= 11 is 3.28. The van der Waals surface area contributed by atoms with E-state index in [-0.39, 0.29) is 0 Å². The quantitative estimate of drug-likeness (QED) is 0.392. The first-order valence-electron chi connectivity index (χ1n) is 5.96. The molecule has 20 heavy (non-hydrogen) atoms. The summed E-state index contributed by atoms with van der Waals surface area (Å²) in [6, 6.07) is 5.51. The van der Waals surface area contributed by atoms with Crippen LogP contribution in [0.15, 0.2) is 33.9 Å². The van der Waals surface area contributed by atoms with Crippen molar-refractivity contribution in [3.05, 3.63) is 44.7 Å². The van der Waals surface area contributed by atoms with E-state index < -0.39 is 23.7 Å². The monoisotopic (exact) mass is 341 g/mol. The first-order valence-corrected chi connectivity index (χ1v) is 6.75. The van der Waals surface area contributed by atoms with E-state index in [2.05, 4.69) is 26.0 Å². The van der Waals surface area contributed by atoms with Crippen LogP contribution in [0.4, 0.5) is 0 Å². The number of nitrogens with zero attached hydrogens (tertiary/aromatic N) is 3. The Balaban J connectivity index is 3.05. The van der Waals surface area contributed by atoms with Gasteiger partial charge in [0.2, 0.25) is 0 Å². The van der Waals surface area contributed by atoms with Gasteiger partial charge < -0.3 is 9.84 Å². The Morgan fingerprint density at radius 2 is 2.05 bits per heavy atom. The first-order chi connectivity index (χ1) is 9.26. The van der Waals surface area contributed by atoms with Gasteiger partial charge in [-0.05, 0) is 37.9 Å². The van der Waals surface area contributed by atoms with Gasteiger partial charge in [-0.25, -0.2) is 0 Å². The lowest BCUT2D eigenvalue weighted by atomic mass is 10.0. The number of aliphatic hydroxyl groups is 1. The molecule has 1 aromatic rings. The van der Waals surface area contributed by atoms with Crippen LogP contribution < -0.4 is 0 Å². The molecule has 0 aliphatic carbocycles. The number of hydrogen-bond donors (Lipinski definition) is 1. The van der Waals surface area contributed by atoms with Crippen molar-refractivity contribution in [2.75, 3.05) is 0 Å². The van der Waals surface area contributed by atoms with Gasteiger partial charge in [0.1, 0.15) is 5.60 Å². The van der Waals surface area contributed by atoms with Crippen LogP contribution in [0.2, 0.25) is 0 Å². The molecule has 0 amide bonds. The number of halogens is 1. The molecule has 7 heteroatoms. The predicted molar refractivity (Wildman–Crippen MR) is 77.9 cm³/mol. The molecule has 1 N–H and O–H groups in total. The Morgan fingerprint density at radius 3 is 2.55 bits per heavy atom. The molecule has 0 saturated heterocycles. The van der Waals surface area contributed by atoms with Crippen molar-refractivity contribution in [3.63, 3.8) is 0 Å². The van der Waals surface area contributed by atoms with Gasteiger partial charge in [0.05, 0.1) is 6.10 Å². The Morgan fingerprint density at radius 1 is 1.45 bits per heavy atom. The zero-order chi connectivity index (χ0) is 15.3. The molecule has 0 radical (unpaired) electrons. The van der Waals surface area contributed by atoms with Crippen LogP contribution >= 0.6 is 15.9 Å².